The van der Waals surface area contributed by atoms with Crippen molar-refractivity contribution >= 4 is 5.78 Å². The summed E-state index contributed by atoms with van der Waals surface area (Å²) in [5.41, 5.74) is 2.21. The third kappa shape index (κ3) is 1.45. The second-order valence-electron chi connectivity index (χ2n) is 4.83. The molecule has 1 aromatic rings. The molecular weight excluding hydrogens is 232 g/mol. The lowest BCUT2D eigenvalue weighted by atomic mass is 9.82. The van der Waals surface area contributed by atoms with E-state index in [2.05, 4.69) is 0 Å². The highest BCUT2D eigenvalue weighted by Gasteiger charge is 2.47. The van der Waals surface area contributed by atoms with E-state index in [0.717, 1.165) is 17.5 Å². The topological polar surface area (TPSA) is 44.8 Å². The van der Waals surface area contributed by atoms with Gasteiger partial charge in [-0.1, -0.05) is 0 Å². The van der Waals surface area contributed by atoms with Crippen LogP contribution in [0, 0.1) is 5.92 Å². The van der Waals surface area contributed by atoms with Crippen LogP contribution < -0.4 is 9.47 Å². The maximum Gasteiger partial charge on any atom is 0.161 e. The molecule has 2 aliphatic heterocycles. The Hall–Kier alpha value is -1.55. The van der Waals surface area contributed by atoms with Crippen LogP contribution in [-0.4, -0.2) is 20.0 Å². The highest BCUT2D eigenvalue weighted by molar-refractivity contribution is 5.80. The molecule has 0 aromatic heterocycles. The standard InChI is InChI=1S/C14H16O4/c1-7(15)8-4-11-9-5-12(16-2)13(17-3)6-10(9)14(8)18-11/h5-6,8,11,14H,4H2,1-3H3/t8-,11+,14-/m1/s1. The fraction of sp³-hybridized carbons (Fsp3) is 0.500. The quantitative estimate of drug-likeness (QED) is 0.824. The molecule has 4 heteroatoms. The third-order valence-electron chi connectivity index (χ3n) is 3.91. The molecule has 0 amide bonds. The second kappa shape index (κ2) is 3.99. The zero-order valence-electron chi connectivity index (χ0n) is 10.7. The Bertz CT molecular complexity index is 509. The monoisotopic (exact) mass is 248 g/mol. The van der Waals surface area contributed by atoms with Crippen molar-refractivity contribution in [2.24, 2.45) is 5.92 Å². The molecule has 0 aliphatic carbocycles. The lowest BCUT2D eigenvalue weighted by Crippen LogP contribution is -2.18. The van der Waals surface area contributed by atoms with Gasteiger partial charge in [0.15, 0.2) is 11.5 Å². The summed E-state index contributed by atoms with van der Waals surface area (Å²) >= 11 is 0. The maximum absolute atomic E-state index is 11.6. The van der Waals surface area contributed by atoms with E-state index < -0.39 is 0 Å². The van der Waals surface area contributed by atoms with E-state index in [1.54, 1.807) is 21.1 Å². The van der Waals surface area contributed by atoms with E-state index in [-0.39, 0.29) is 23.9 Å². The Morgan fingerprint density at radius 1 is 1.22 bits per heavy atom. The van der Waals surface area contributed by atoms with Crippen LogP contribution >= 0.6 is 0 Å². The summed E-state index contributed by atoms with van der Waals surface area (Å²) in [6.45, 7) is 1.63. The van der Waals surface area contributed by atoms with Gasteiger partial charge in [0.25, 0.3) is 0 Å². The van der Waals surface area contributed by atoms with Gasteiger partial charge in [-0.25, -0.2) is 0 Å². The number of methoxy groups -OCH3 is 2. The highest BCUT2D eigenvalue weighted by Crippen LogP contribution is 2.56. The lowest BCUT2D eigenvalue weighted by molar-refractivity contribution is -0.122. The molecule has 0 saturated carbocycles. The van der Waals surface area contributed by atoms with E-state index >= 15 is 0 Å². The Kier molecular flexibility index (Phi) is 2.55. The number of hydrogen-bond donors (Lipinski definition) is 0. The summed E-state index contributed by atoms with van der Waals surface area (Å²) < 4.78 is 16.5. The van der Waals surface area contributed by atoms with E-state index in [1.165, 1.54) is 0 Å². The fourth-order valence-electron chi connectivity index (χ4n) is 2.99. The van der Waals surface area contributed by atoms with E-state index in [1.807, 2.05) is 12.1 Å². The molecule has 96 valence electrons. The molecule has 0 N–H and O–H groups in total. The smallest absolute Gasteiger partial charge is 0.161 e. The predicted octanol–water partition coefficient (Wildman–Crippen LogP) is 2.43. The minimum atomic E-state index is -0.109. The van der Waals surface area contributed by atoms with E-state index in [0.29, 0.717) is 11.5 Å². The molecule has 2 aliphatic rings. The van der Waals surface area contributed by atoms with Gasteiger partial charge in [0, 0.05) is 0 Å². The molecule has 1 saturated heterocycles. The van der Waals surface area contributed by atoms with Crippen molar-refractivity contribution in [1.82, 2.24) is 0 Å². The van der Waals surface area contributed by atoms with Crippen LogP contribution in [0.4, 0.5) is 0 Å². The first-order valence-electron chi connectivity index (χ1n) is 6.07. The van der Waals surface area contributed by atoms with Crippen molar-refractivity contribution in [2.45, 2.75) is 25.6 Å². The lowest BCUT2D eigenvalue weighted by Gasteiger charge is -2.20. The molecular formula is C14H16O4. The van der Waals surface area contributed by atoms with Gasteiger partial charge in [-0.15, -0.1) is 0 Å². The van der Waals surface area contributed by atoms with Gasteiger partial charge in [-0.3, -0.25) is 4.79 Å². The summed E-state index contributed by atoms with van der Waals surface area (Å²) in [5, 5.41) is 0. The number of carbonyl (C=O) groups excluding carboxylic acids is 1. The van der Waals surface area contributed by atoms with Crippen LogP contribution in [-0.2, 0) is 9.53 Å². The number of rotatable bonds is 3. The molecule has 0 spiro atoms. The molecule has 0 unspecified atom stereocenters. The molecule has 18 heavy (non-hydrogen) atoms. The van der Waals surface area contributed by atoms with Gasteiger partial charge in [0.05, 0.1) is 32.3 Å². The predicted molar refractivity (Wildman–Crippen MR) is 64.9 cm³/mol. The van der Waals surface area contributed by atoms with Crippen LogP contribution in [0.5, 0.6) is 11.5 Å². The number of ketones is 1. The first-order valence-corrected chi connectivity index (χ1v) is 6.07. The van der Waals surface area contributed by atoms with Crippen LogP contribution in [0.15, 0.2) is 12.1 Å². The minimum absolute atomic E-state index is 0.0133. The summed E-state index contributed by atoms with van der Waals surface area (Å²) in [6, 6.07) is 3.91. The number of ether oxygens (including phenoxy) is 3. The molecule has 3 atom stereocenters. The SMILES string of the molecule is COc1cc2c(cc1OC)[C@@H]1O[C@H]2C[C@@H]1C(C)=O. The number of carbonyl (C=O) groups is 1. The third-order valence-corrected chi connectivity index (χ3v) is 3.91. The normalized spacial score (nSPS) is 28.1. The summed E-state index contributed by atoms with van der Waals surface area (Å²) in [4.78, 5) is 11.6. The molecule has 0 radical (unpaired) electrons. The van der Waals surface area contributed by atoms with Crippen molar-refractivity contribution in [3.63, 3.8) is 0 Å². The fourth-order valence-corrected chi connectivity index (χ4v) is 2.99. The second-order valence-corrected chi connectivity index (χ2v) is 4.83. The van der Waals surface area contributed by atoms with Crippen molar-refractivity contribution in [2.75, 3.05) is 14.2 Å². The number of hydrogen-bond acceptors (Lipinski definition) is 4. The van der Waals surface area contributed by atoms with Crippen molar-refractivity contribution < 1.29 is 19.0 Å². The summed E-state index contributed by atoms with van der Waals surface area (Å²) in [7, 11) is 3.23. The Morgan fingerprint density at radius 2 is 1.83 bits per heavy atom. The Balaban J connectivity index is 2.06. The molecule has 3 rings (SSSR count). The average Bonchev–Trinajstić information content (AvgIpc) is 2.95. The van der Waals surface area contributed by atoms with Crippen LogP contribution in [0.3, 0.4) is 0 Å². The van der Waals surface area contributed by atoms with Gasteiger partial charge in [-0.05, 0) is 36.6 Å². The van der Waals surface area contributed by atoms with Crippen molar-refractivity contribution in [3.8, 4) is 11.5 Å². The number of Topliss-reactive ketones (excluding diaryl/α,β-unsaturated/α-hetero) is 1. The Labute approximate surface area is 106 Å². The summed E-state index contributed by atoms with van der Waals surface area (Å²) in [6.07, 6.45) is 0.698. The van der Waals surface area contributed by atoms with Gasteiger partial charge < -0.3 is 14.2 Å². The molecule has 1 fully saturated rings. The van der Waals surface area contributed by atoms with E-state index in [9.17, 15) is 4.79 Å². The molecule has 2 bridgehead atoms. The highest BCUT2D eigenvalue weighted by atomic mass is 16.5. The van der Waals surface area contributed by atoms with Crippen molar-refractivity contribution in [3.05, 3.63) is 23.3 Å². The molecule has 4 nitrogen and oxygen atoms in total. The van der Waals surface area contributed by atoms with Crippen molar-refractivity contribution in [1.29, 1.82) is 0 Å². The van der Waals surface area contributed by atoms with Crippen LogP contribution in [0.1, 0.15) is 36.7 Å². The first-order chi connectivity index (χ1) is 8.65. The molecule has 1 aromatic carbocycles. The molecule has 2 heterocycles. The maximum atomic E-state index is 11.6. The first kappa shape index (κ1) is 11.5. The van der Waals surface area contributed by atoms with Crippen LogP contribution in [0.25, 0.3) is 0 Å². The summed E-state index contributed by atoms with van der Waals surface area (Å²) in [5.74, 6) is 1.59. The number of benzene rings is 1. The van der Waals surface area contributed by atoms with E-state index in [4.69, 9.17) is 14.2 Å². The minimum Gasteiger partial charge on any atom is -0.493 e. The van der Waals surface area contributed by atoms with Gasteiger partial charge in [0.2, 0.25) is 0 Å². The zero-order valence-corrected chi connectivity index (χ0v) is 10.7. The largest absolute Gasteiger partial charge is 0.493 e. The Morgan fingerprint density at radius 3 is 2.39 bits per heavy atom. The van der Waals surface area contributed by atoms with Crippen LogP contribution in [0.2, 0.25) is 0 Å². The zero-order chi connectivity index (χ0) is 12.9. The van der Waals surface area contributed by atoms with Gasteiger partial charge in [-0.2, -0.15) is 0 Å². The van der Waals surface area contributed by atoms with Gasteiger partial charge in [0.1, 0.15) is 5.78 Å². The average molecular weight is 248 g/mol. The van der Waals surface area contributed by atoms with Gasteiger partial charge >= 0.3 is 0 Å². The number of fused-ring (bicyclic) bond motifs is 5.